The number of hydrogen-bond donors (Lipinski definition) is 2. The number of halogens is 2. The molecule has 1 amide bonds. The lowest BCUT2D eigenvalue weighted by atomic mass is 9.89. The van der Waals surface area contributed by atoms with Crippen LogP contribution in [0.25, 0.3) is 0 Å². The Bertz CT molecular complexity index is 550. The van der Waals surface area contributed by atoms with Crippen molar-refractivity contribution in [3.63, 3.8) is 0 Å². The van der Waals surface area contributed by atoms with Crippen molar-refractivity contribution in [2.24, 2.45) is 11.8 Å². The fraction of sp³-hybridized carbons (Fsp3) is 0.667. The molecule has 2 saturated heterocycles. The third-order valence-electron chi connectivity index (χ3n) is 6.06. The summed E-state index contributed by atoms with van der Waals surface area (Å²) in [7, 11) is 0. The summed E-state index contributed by atoms with van der Waals surface area (Å²) in [4.78, 5) is 15.0. The first-order chi connectivity index (χ1) is 12.1. The molecule has 3 unspecified atom stereocenters. The van der Waals surface area contributed by atoms with Gasteiger partial charge in [0, 0.05) is 6.04 Å². The number of nitrogens with one attached hydrogen (secondary N) is 2. The van der Waals surface area contributed by atoms with E-state index in [9.17, 15) is 4.79 Å². The zero-order chi connectivity index (χ0) is 17.6. The number of likely N-dealkylation sites (tertiary alicyclic amines) is 1. The maximum absolute atomic E-state index is 12.7. The second-order valence-corrected chi connectivity index (χ2v) is 7.93. The number of benzene rings is 1. The molecule has 2 fully saturated rings. The third-order valence-corrected chi connectivity index (χ3v) is 6.06. The fourth-order valence-corrected chi connectivity index (χ4v) is 4.19. The van der Waals surface area contributed by atoms with Gasteiger partial charge in [-0.05, 0) is 76.2 Å². The van der Waals surface area contributed by atoms with Gasteiger partial charge in [0.1, 0.15) is 0 Å². The van der Waals surface area contributed by atoms with Gasteiger partial charge in [0.05, 0.1) is 6.04 Å². The molecule has 0 aromatic heterocycles. The Labute approximate surface area is 176 Å². The quantitative estimate of drug-likeness (QED) is 0.774. The maximum Gasteiger partial charge on any atom is 0.237 e. The summed E-state index contributed by atoms with van der Waals surface area (Å²) < 4.78 is 0. The van der Waals surface area contributed by atoms with Gasteiger partial charge in [0.2, 0.25) is 5.91 Å². The first kappa shape index (κ1) is 24.2. The van der Waals surface area contributed by atoms with Gasteiger partial charge in [-0.25, -0.2) is 0 Å². The molecule has 6 heteroatoms. The lowest BCUT2D eigenvalue weighted by Crippen LogP contribution is -2.54. The molecule has 0 spiro atoms. The van der Waals surface area contributed by atoms with E-state index in [0.29, 0.717) is 12.0 Å². The van der Waals surface area contributed by atoms with Crippen molar-refractivity contribution in [1.29, 1.82) is 0 Å². The van der Waals surface area contributed by atoms with Crippen LogP contribution in [0.15, 0.2) is 30.3 Å². The molecule has 0 radical (unpaired) electrons. The lowest BCUT2D eigenvalue weighted by molar-refractivity contribution is -0.127. The number of rotatable bonds is 5. The molecule has 3 atom stereocenters. The van der Waals surface area contributed by atoms with Crippen LogP contribution in [0.2, 0.25) is 0 Å². The Morgan fingerprint density at radius 1 is 1.19 bits per heavy atom. The number of hydrogen-bond acceptors (Lipinski definition) is 3. The Hall–Kier alpha value is -0.810. The van der Waals surface area contributed by atoms with Crippen molar-refractivity contribution in [3.05, 3.63) is 35.9 Å². The molecule has 0 aliphatic carbocycles. The molecular formula is C21H35Cl2N3O. The van der Waals surface area contributed by atoms with Crippen LogP contribution in [-0.2, 0) is 11.2 Å². The highest BCUT2D eigenvalue weighted by atomic mass is 35.5. The summed E-state index contributed by atoms with van der Waals surface area (Å²) >= 11 is 0. The molecule has 2 heterocycles. The van der Waals surface area contributed by atoms with Gasteiger partial charge in [-0.3, -0.25) is 9.69 Å². The monoisotopic (exact) mass is 415 g/mol. The number of amides is 1. The minimum absolute atomic E-state index is 0. The van der Waals surface area contributed by atoms with Crippen LogP contribution >= 0.6 is 24.8 Å². The van der Waals surface area contributed by atoms with Crippen molar-refractivity contribution in [2.45, 2.75) is 51.6 Å². The SMILES string of the molecule is CC1CNCCC1NC(=O)C(C)N1CCC(Cc2ccccc2)CC1.Cl.Cl. The molecule has 27 heavy (non-hydrogen) atoms. The molecule has 1 aromatic carbocycles. The molecule has 0 bridgehead atoms. The molecule has 3 rings (SSSR count). The predicted octanol–water partition coefficient (Wildman–Crippen LogP) is 3.29. The molecule has 1 aromatic rings. The van der Waals surface area contributed by atoms with Crippen molar-refractivity contribution >= 4 is 30.7 Å². The minimum atomic E-state index is -0.0141. The van der Waals surface area contributed by atoms with E-state index < -0.39 is 0 Å². The van der Waals surface area contributed by atoms with Crippen LogP contribution in [0.3, 0.4) is 0 Å². The average Bonchev–Trinajstić information content (AvgIpc) is 2.64. The topological polar surface area (TPSA) is 44.4 Å². The first-order valence-electron chi connectivity index (χ1n) is 9.92. The van der Waals surface area contributed by atoms with Gasteiger partial charge >= 0.3 is 0 Å². The van der Waals surface area contributed by atoms with E-state index >= 15 is 0 Å². The van der Waals surface area contributed by atoms with Gasteiger partial charge in [-0.2, -0.15) is 0 Å². The zero-order valence-electron chi connectivity index (χ0n) is 16.5. The third kappa shape index (κ3) is 6.94. The van der Waals surface area contributed by atoms with Crippen molar-refractivity contribution in [2.75, 3.05) is 26.2 Å². The van der Waals surface area contributed by atoms with Crippen LogP contribution in [0.1, 0.15) is 38.7 Å². The van der Waals surface area contributed by atoms with Crippen molar-refractivity contribution < 1.29 is 4.79 Å². The zero-order valence-corrected chi connectivity index (χ0v) is 18.2. The van der Waals surface area contributed by atoms with Crippen LogP contribution in [0, 0.1) is 11.8 Å². The van der Waals surface area contributed by atoms with Crippen molar-refractivity contribution in [1.82, 2.24) is 15.5 Å². The fourth-order valence-electron chi connectivity index (χ4n) is 4.19. The molecular weight excluding hydrogens is 381 g/mol. The summed E-state index contributed by atoms with van der Waals surface area (Å²) in [5.41, 5.74) is 1.44. The number of piperidine rings is 2. The maximum atomic E-state index is 12.7. The Morgan fingerprint density at radius 3 is 2.48 bits per heavy atom. The highest BCUT2D eigenvalue weighted by Crippen LogP contribution is 2.23. The molecule has 4 nitrogen and oxygen atoms in total. The normalized spacial score (nSPS) is 25.0. The van der Waals surface area contributed by atoms with Gasteiger partial charge in [0.15, 0.2) is 0 Å². The Balaban J connectivity index is 0.00000182. The van der Waals surface area contributed by atoms with Gasteiger partial charge < -0.3 is 10.6 Å². The second-order valence-electron chi connectivity index (χ2n) is 7.93. The first-order valence-corrected chi connectivity index (χ1v) is 9.92. The number of carbonyl (C=O) groups is 1. The highest BCUT2D eigenvalue weighted by molar-refractivity contribution is 5.85. The smallest absolute Gasteiger partial charge is 0.237 e. The van der Waals surface area contributed by atoms with Crippen LogP contribution in [0.4, 0.5) is 0 Å². The molecule has 2 N–H and O–H groups in total. The summed E-state index contributed by atoms with van der Waals surface area (Å²) in [5, 5.41) is 6.69. The van der Waals surface area contributed by atoms with E-state index in [1.165, 1.54) is 24.8 Å². The minimum Gasteiger partial charge on any atom is -0.352 e. The van der Waals surface area contributed by atoms with E-state index in [-0.39, 0.29) is 36.8 Å². The average molecular weight is 416 g/mol. The lowest BCUT2D eigenvalue weighted by Gasteiger charge is -2.37. The summed E-state index contributed by atoms with van der Waals surface area (Å²) in [5.74, 6) is 1.47. The van der Waals surface area contributed by atoms with Gasteiger partial charge in [-0.1, -0.05) is 37.3 Å². The van der Waals surface area contributed by atoms with E-state index in [0.717, 1.165) is 38.5 Å². The molecule has 0 saturated carbocycles. The van der Waals surface area contributed by atoms with E-state index in [1.54, 1.807) is 0 Å². The number of carbonyl (C=O) groups excluding carboxylic acids is 1. The molecule has 154 valence electrons. The van der Waals surface area contributed by atoms with Crippen molar-refractivity contribution in [3.8, 4) is 0 Å². The molecule has 2 aliphatic heterocycles. The Kier molecular flexibility index (Phi) is 10.7. The highest BCUT2D eigenvalue weighted by Gasteiger charge is 2.29. The second kappa shape index (κ2) is 11.9. The molecule has 2 aliphatic rings. The predicted molar refractivity (Wildman–Crippen MR) is 117 cm³/mol. The van der Waals surface area contributed by atoms with E-state index in [4.69, 9.17) is 0 Å². The standard InChI is InChI=1S/C21H33N3O.2ClH/c1-16-15-22-11-8-20(16)23-21(25)17(2)24-12-9-19(10-13-24)14-18-6-4-3-5-7-18;;/h3-7,16-17,19-20,22H,8-15H2,1-2H3,(H,23,25);2*1H. The van der Waals surface area contributed by atoms with Crippen LogP contribution in [-0.4, -0.2) is 49.1 Å². The Morgan fingerprint density at radius 2 is 1.85 bits per heavy atom. The van der Waals surface area contributed by atoms with Gasteiger partial charge in [-0.15, -0.1) is 24.8 Å². The van der Waals surface area contributed by atoms with E-state index in [1.807, 2.05) is 0 Å². The summed E-state index contributed by atoms with van der Waals surface area (Å²) in [6.45, 7) is 8.37. The summed E-state index contributed by atoms with van der Waals surface area (Å²) in [6.07, 6.45) is 4.59. The van der Waals surface area contributed by atoms with Gasteiger partial charge in [0.25, 0.3) is 0 Å². The van der Waals surface area contributed by atoms with Crippen LogP contribution < -0.4 is 10.6 Å². The van der Waals surface area contributed by atoms with E-state index in [2.05, 4.69) is 59.7 Å². The largest absolute Gasteiger partial charge is 0.352 e. The summed E-state index contributed by atoms with van der Waals surface area (Å²) in [6, 6.07) is 11.1. The van der Waals surface area contributed by atoms with Crippen LogP contribution in [0.5, 0.6) is 0 Å². The number of nitrogens with zero attached hydrogens (tertiary/aromatic N) is 1.